The van der Waals surface area contributed by atoms with Gasteiger partial charge >= 0.3 is 6.18 Å². The number of nitrogens with one attached hydrogen (secondary N) is 2. The van der Waals surface area contributed by atoms with Gasteiger partial charge in [0.2, 0.25) is 5.91 Å². The van der Waals surface area contributed by atoms with Gasteiger partial charge < -0.3 is 10.6 Å². The highest BCUT2D eigenvalue weighted by molar-refractivity contribution is 5.92. The van der Waals surface area contributed by atoms with Crippen LogP contribution >= 0.6 is 0 Å². The standard InChI is InChI=1S/C21H26F3N5O/c1-2-15-10-18(21(22,23)24)29-19(25-15)11-17(27-29)14-8-9-28(12-14)13-20(30)26-16-6-4-3-5-7-16/h3-7,11,14-15,18,25H,2,8-10,12-13H2,1H3,(H,26,30)/t14-,15-,18-/m1/s1. The Labute approximate surface area is 173 Å². The summed E-state index contributed by atoms with van der Waals surface area (Å²) in [6.07, 6.45) is -2.95. The van der Waals surface area contributed by atoms with Gasteiger partial charge in [-0.3, -0.25) is 9.69 Å². The largest absolute Gasteiger partial charge is 0.410 e. The molecular weight excluding hydrogens is 395 g/mol. The number of para-hydroxylation sites is 1. The maximum absolute atomic E-state index is 13.6. The van der Waals surface area contributed by atoms with Gasteiger partial charge in [-0.2, -0.15) is 18.3 Å². The molecule has 2 aromatic rings. The van der Waals surface area contributed by atoms with Crippen molar-refractivity contribution < 1.29 is 18.0 Å². The molecule has 4 rings (SSSR count). The van der Waals surface area contributed by atoms with Gasteiger partial charge in [0.1, 0.15) is 5.82 Å². The van der Waals surface area contributed by atoms with Crippen LogP contribution in [0.15, 0.2) is 36.4 Å². The number of carbonyl (C=O) groups is 1. The second-order valence-corrected chi connectivity index (χ2v) is 8.08. The maximum atomic E-state index is 13.6. The molecule has 0 spiro atoms. The third kappa shape index (κ3) is 4.45. The fraction of sp³-hybridized carbons (Fsp3) is 0.524. The van der Waals surface area contributed by atoms with Crippen molar-refractivity contribution >= 4 is 17.4 Å². The Kier molecular flexibility index (Phi) is 5.73. The lowest BCUT2D eigenvalue weighted by molar-refractivity contribution is -0.173. The third-order valence-electron chi connectivity index (χ3n) is 5.90. The van der Waals surface area contributed by atoms with Crippen molar-refractivity contribution in [2.24, 2.45) is 0 Å². The number of rotatable bonds is 5. The van der Waals surface area contributed by atoms with E-state index in [-0.39, 0.29) is 30.8 Å². The Morgan fingerprint density at radius 2 is 2.07 bits per heavy atom. The number of benzene rings is 1. The van der Waals surface area contributed by atoms with E-state index in [2.05, 4.69) is 15.7 Å². The van der Waals surface area contributed by atoms with Crippen LogP contribution in [0.3, 0.4) is 0 Å². The lowest BCUT2D eigenvalue weighted by atomic mass is 10.0. The molecule has 0 aliphatic carbocycles. The van der Waals surface area contributed by atoms with Crippen LogP contribution < -0.4 is 10.6 Å². The van der Waals surface area contributed by atoms with E-state index in [1.54, 1.807) is 6.07 Å². The van der Waals surface area contributed by atoms with Crippen LogP contribution in [-0.2, 0) is 4.79 Å². The Bertz CT molecular complexity index is 883. The van der Waals surface area contributed by atoms with E-state index in [1.807, 2.05) is 42.2 Å². The molecule has 162 valence electrons. The van der Waals surface area contributed by atoms with Gasteiger partial charge in [-0.15, -0.1) is 0 Å². The Morgan fingerprint density at radius 1 is 1.30 bits per heavy atom. The van der Waals surface area contributed by atoms with Crippen LogP contribution in [0.1, 0.15) is 43.8 Å². The first kappa shape index (κ1) is 20.7. The number of aromatic nitrogens is 2. The minimum atomic E-state index is -4.33. The summed E-state index contributed by atoms with van der Waals surface area (Å²) in [7, 11) is 0. The highest BCUT2D eigenvalue weighted by Gasteiger charge is 2.46. The Morgan fingerprint density at radius 3 is 2.77 bits per heavy atom. The second kappa shape index (κ2) is 8.29. The molecule has 0 saturated carbocycles. The van der Waals surface area contributed by atoms with Crippen molar-refractivity contribution in [2.75, 3.05) is 30.3 Å². The summed E-state index contributed by atoms with van der Waals surface area (Å²) in [4.78, 5) is 14.3. The number of fused-ring (bicyclic) bond motifs is 1. The van der Waals surface area contributed by atoms with E-state index in [0.29, 0.717) is 31.0 Å². The zero-order valence-electron chi connectivity index (χ0n) is 16.8. The van der Waals surface area contributed by atoms with E-state index < -0.39 is 12.2 Å². The number of amides is 1. The molecule has 3 atom stereocenters. The molecule has 30 heavy (non-hydrogen) atoms. The molecule has 2 aliphatic heterocycles. The van der Waals surface area contributed by atoms with Crippen LogP contribution in [0.5, 0.6) is 0 Å². The van der Waals surface area contributed by atoms with Crippen LogP contribution in [-0.4, -0.2) is 52.4 Å². The first-order valence-corrected chi connectivity index (χ1v) is 10.3. The van der Waals surface area contributed by atoms with E-state index in [9.17, 15) is 18.0 Å². The van der Waals surface area contributed by atoms with Crippen LogP contribution in [0.4, 0.5) is 24.7 Å². The van der Waals surface area contributed by atoms with Crippen LogP contribution in [0.2, 0.25) is 0 Å². The third-order valence-corrected chi connectivity index (χ3v) is 5.90. The maximum Gasteiger partial charge on any atom is 0.410 e. The lowest BCUT2D eigenvalue weighted by Crippen LogP contribution is -2.38. The van der Waals surface area contributed by atoms with Gasteiger partial charge in [0.25, 0.3) is 0 Å². The highest BCUT2D eigenvalue weighted by atomic mass is 19.4. The lowest BCUT2D eigenvalue weighted by Gasteiger charge is -2.32. The summed E-state index contributed by atoms with van der Waals surface area (Å²) < 4.78 is 41.8. The number of likely N-dealkylation sites (tertiary alicyclic amines) is 1. The number of hydrogen-bond donors (Lipinski definition) is 2. The van der Waals surface area contributed by atoms with Crippen molar-refractivity contribution in [1.29, 1.82) is 0 Å². The molecule has 0 radical (unpaired) electrons. The van der Waals surface area contributed by atoms with E-state index in [0.717, 1.165) is 16.8 Å². The van der Waals surface area contributed by atoms with Crippen molar-refractivity contribution in [1.82, 2.24) is 14.7 Å². The number of hydrogen-bond acceptors (Lipinski definition) is 4. The van der Waals surface area contributed by atoms with Crippen LogP contribution in [0.25, 0.3) is 0 Å². The van der Waals surface area contributed by atoms with Gasteiger partial charge in [-0.1, -0.05) is 25.1 Å². The first-order chi connectivity index (χ1) is 14.3. The number of anilines is 2. The van der Waals surface area contributed by atoms with Gasteiger partial charge in [0, 0.05) is 30.3 Å². The number of carbonyl (C=O) groups excluding carboxylic acids is 1. The number of nitrogens with zero attached hydrogens (tertiary/aromatic N) is 3. The zero-order valence-corrected chi connectivity index (χ0v) is 16.8. The molecule has 3 heterocycles. The minimum absolute atomic E-state index is 0.00936. The molecule has 2 N–H and O–H groups in total. The summed E-state index contributed by atoms with van der Waals surface area (Å²) in [6, 6.07) is 9.19. The van der Waals surface area contributed by atoms with Crippen molar-refractivity contribution in [3.63, 3.8) is 0 Å². The second-order valence-electron chi connectivity index (χ2n) is 8.08. The van der Waals surface area contributed by atoms with E-state index in [1.165, 1.54) is 0 Å². The summed E-state index contributed by atoms with van der Waals surface area (Å²) in [6.45, 7) is 3.45. The fourth-order valence-corrected chi connectivity index (χ4v) is 4.28. The van der Waals surface area contributed by atoms with Crippen LogP contribution in [0, 0.1) is 0 Å². The average Bonchev–Trinajstić information content (AvgIpc) is 3.33. The molecule has 0 unspecified atom stereocenters. The first-order valence-electron chi connectivity index (χ1n) is 10.3. The summed E-state index contributed by atoms with van der Waals surface area (Å²) in [5, 5.41) is 10.4. The molecule has 0 bridgehead atoms. The summed E-state index contributed by atoms with van der Waals surface area (Å²) >= 11 is 0. The molecular formula is C21H26F3N5O. The molecule has 1 aromatic carbocycles. The summed E-state index contributed by atoms with van der Waals surface area (Å²) in [5.41, 5.74) is 1.41. The number of halogens is 3. The van der Waals surface area contributed by atoms with Crippen molar-refractivity contribution in [3.8, 4) is 0 Å². The van der Waals surface area contributed by atoms with E-state index in [4.69, 9.17) is 0 Å². The van der Waals surface area contributed by atoms with E-state index >= 15 is 0 Å². The smallest absolute Gasteiger partial charge is 0.367 e. The fourth-order valence-electron chi connectivity index (χ4n) is 4.28. The monoisotopic (exact) mass is 421 g/mol. The van der Waals surface area contributed by atoms with Gasteiger partial charge in [-0.05, 0) is 37.9 Å². The molecule has 1 amide bonds. The molecule has 2 aliphatic rings. The zero-order chi connectivity index (χ0) is 21.3. The molecule has 9 heteroatoms. The number of alkyl halides is 3. The van der Waals surface area contributed by atoms with Crippen molar-refractivity contribution in [2.45, 2.75) is 50.4 Å². The quantitative estimate of drug-likeness (QED) is 0.766. The Hall–Kier alpha value is -2.55. The summed E-state index contributed by atoms with van der Waals surface area (Å²) in [5.74, 6) is 0.352. The van der Waals surface area contributed by atoms with Gasteiger partial charge in [-0.25, -0.2) is 4.68 Å². The predicted molar refractivity (Wildman–Crippen MR) is 109 cm³/mol. The molecule has 1 aromatic heterocycles. The average molecular weight is 421 g/mol. The molecule has 6 nitrogen and oxygen atoms in total. The predicted octanol–water partition coefficient (Wildman–Crippen LogP) is 4.01. The SMILES string of the molecule is CC[C@@H]1C[C@H](C(F)(F)F)n2nc([C@@H]3CCN(CC(=O)Nc4ccccc4)C3)cc2N1. The van der Waals surface area contributed by atoms with Gasteiger partial charge in [0.05, 0.1) is 12.2 Å². The minimum Gasteiger partial charge on any atom is -0.367 e. The van der Waals surface area contributed by atoms with Gasteiger partial charge in [0.15, 0.2) is 6.04 Å². The molecule has 1 fully saturated rings. The van der Waals surface area contributed by atoms with Crippen molar-refractivity contribution in [3.05, 3.63) is 42.1 Å². The molecule has 1 saturated heterocycles. The topological polar surface area (TPSA) is 62.2 Å². The Balaban J connectivity index is 1.41. The normalized spacial score (nSPS) is 24.3. The highest BCUT2D eigenvalue weighted by Crippen LogP contribution is 2.41.